The van der Waals surface area contributed by atoms with E-state index in [-0.39, 0.29) is 22.6 Å². The Morgan fingerprint density at radius 1 is 1.03 bits per heavy atom. The van der Waals surface area contributed by atoms with Crippen LogP contribution in [0.3, 0.4) is 0 Å². The third-order valence-electron chi connectivity index (χ3n) is 5.04. The fraction of sp³-hybridized carbons (Fsp3) is 0.280. The quantitative estimate of drug-likeness (QED) is 0.384. The lowest BCUT2D eigenvalue weighted by molar-refractivity contribution is 0.257. The van der Waals surface area contributed by atoms with Gasteiger partial charge in [-0.1, -0.05) is 43.4 Å². The minimum atomic E-state index is -0.447. The van der Waals surface area contributed by atoms with Crippen LogP contribution >= 0.6 is 11.3 Å². The van der Waals surface area contributed by atoms with E-state index in [9.17, 15) is 9.59 Å². The summed E-state index contributed by atoms with van der Waals surface area (Å²) < 4.78 is 18.0. The molecule has 2 heterocycles. The highest BCUT2D eigenvalue weighted by Crippen LogP contribution is 2.28. The third kappa shape index (κ3) is 5.09. The second kappa shape index (κ2) is 10.0. The maximum Gasteiger partial charge on any atom is 0.296 e. The van der Waals surface area contributed by atoms with E-state index in [1.165, 1.54) is 4.52 Å². The molecule has 0 fully saturated rings. The van der Waals surface area contributed by atoms with Crippen molar-refractivity contribution in [2.45, 2.75) is 20.3 Å². The van der Waals surface area contributed by atoms with E-state index in [1.807, 2.05) is 36.4 Å². The Morgan fingerprint density at radius 3 is 2.47 bits per heavy atom. The van der Waals surface area contributed by atoms with Gasteiger partial charge in [0.15, 0.2) is 11.5 Å². The Kier molecular flexibility index (Phi) is 6.93. The van der Waals surface area contributed by atoms with Gasteiger partial charge in [0.1, 0.15) is 11.4 Å². The molecular formula is C25H25N3O5S. The maximum atomic E-state index is 13.0. The van der Waals surface area contributed by atoms with Crippen LogP contribution in [0.25, 0.3) is 11.0 Å². The van der Waals surface area contributed by atoms with Crippen molar-refractivity contribution in [3.8, 4) is 17.2 Å². The van der Waals surface area contributed by atoms with Crippen molar-refractivity contribution in [3.63, 3.8) is 0 Å². The normalized spacial score (nSPS) is 11.9. The number of methoxy groups -OCH3 is 2. The first-order valence-electron chi connectivity index (χ1n) is 10.8. The Hall–Kier alpha value is -3.72. The van der Waals surface area contributed by atoms with Crippen molar-refractivity contribution >= 4 is 22.4 Å². The van der Waals surface area contributed by atoms with Gasteiger partial charge < -0.3 is 14.2 Å². The van der Waals surface area contributed by atoms with Gasteiger partial charge in [-0.05, 0) is 47.4 Å². The largest absolute Gasteiger partial charge is 0.497 e. The summed E-state index contributed by atoms with van der Waals surface area (Å²) in [6.07, 6.45) is 1.99. The summed E-state index contributed by atoms with van der Waals surface area (Å²) in [7, 11) is 3.16. The smallest absolute Gasteiger partial charge is 0.296 e. The van der Waals surface area contributed by atoms with Gasteiger partial charge >= 0.3 is 0 Å². The summed E-state index contributed by atoms with van der Waals surface area (Å²) in [6.45, 7) is 4.72. The summed E-state index contributed by atoms with van der Waals surface area (Å²) in [4.78, 5) is 29.9. The molecule has 0 radical (unpaired) electrons. The maximum absolute atomic E-state index is 13.0. The van der Waals surface area contributed by atoms with Crippen LogP contribution in [-0.2, 0) is 6.42 Å². The molecule has 0 bridgehead atoms. The van der Waals surface area contributed by atoms with Crippen LogP contribution in [0.1, 0.15) is 30.7 Å². The average molecular weight is 480 g/mol. The van der Waals surface area contributed by atoms with Crippen molar-refractivity contribution in [2.24, 2.45) is 5.92 Å². The predicted molar refractivity (Wildman–Crippen MR) is 131 cm³/mol. The van der Waals surface area contributed by atoms with Crippen molar-refractivity contribution in [1.29, 1.82) is 0 Å². The molecule has 4 aromatic rings. The van der Waals surface area contributed by atoms with Gasteiger partial charge in [0.05, 0.1) is 25.4 Å². The molecule has 0 aliphatic rings. The summed E-state index contributed by atoms with van der Waals surface area (Å²) >= 11 is 1.12. The highest BCUT2D eigenvalue weighted by atomic mass is 32.1. The standard InChI is InChI=1S/C25H25N3O5S/c1-15(2)14-33-20-10-7-17(12-21(20)32-4)13-22-24(30)28-25(34-22)26-23(29)19(27-28)11-16-5-8-18(31-3)9-6-16/h5-10,12-13,15H,11,14H2,1-4H3/b22-13+. The van der Waals surface area contributed by atoms with E-state index < -0.39 is 5.56 Å². The lowest BCUT2D eigenvalue weighted by atomic mass is 10.1. The molecule has 2 aromatic carbocycles. The molecule has 34 heavy (non-hydrogen) atoms. The van der Waals surface area contributed by atoms with Crippen LogP contribution in [0.2, 0.25) is 0 Å². The lowest BCUT2D eigenvalue weighted by Crippen LogP contribution is -2.28. The topological polar surface area (TPSA) is 92.0 Å². The van der Waals surface area contributed by atoms with Crippen molar-refractivity contribution in [2.75, 3.05) is 20.8 Å². The summed E-state index contributed by atoms with van der Waals surface area (Å²) in [5.74, 6) is 2.33. The van der Waals surface area contributed by atoms with Crippen LogP contribution in [0.4, 0.5) is 0 Å². The van der Waals surface area contributed by atoms with Crippen molar-refractivity contribution < 1.29 is 14.2 Å². The Labute approximate surface area is 200 Å². The van der Waals surface area contributed by atoms with Crippen LogP contribution in [-0.4, -0.2) is 35.4 Å². The molecule has 9 heteroatoms. The summed E-state index contributed by atoms with van der Waals surface area (Å²) in [5.41, 5.74) is 1.06. The molecule has 0 unspecified atom stereocenters. The van der Waals surface area contributed by atoms with Crippen LogP contribution < -0.4 is 29.9 Å². The van der Waals surface area contributed by atoms with E-state index in [0.717, 1.165) is 28.2 Å². The molecule has 176 valence electrons. The molecule has 0 atom stereocenters. The third-order valence-corrected chi connectivity index (χ3v) is 6.00. The first-order chi connectivity index (χ1) is 16.4. The van der Waals surface area contributed by atoms with E-state index in [0.29, 0.717) is 28.6 Å². The van der Waals surface area contributed by atoms with Crippen LogP contribution in [0, 0.1) is 5.92 Å². The Balaban J connectivity index is 1.68. The second-order valence-electron chi connectivity index (χ2n) is 8.11. The van der Waals surface area contributed by atoms with Crippen LogP contribution in [0.15, 0.2) is 52.1 Å². The number of nitrogens with zero attached hydrogens (tertiary/aromatic N) is 3. The Bertz CT molecular complexity index is 1480. The number of hydrogen-bond acceptors (Lipinski definition) is 8. The van der Waals surface area contributed by atoms with E-state index in [1.54, 1.807) is 26.4 Å². The van der Waals surface area contributed by atoms with Gasteiger partial charge in [-0.15, -0.1) is 0 Å². The average Bonchev–Trinajstić information content (AvgIpc) is 3.12. The highest BCUT2D eigenvalue weighted by molar-refractivity contribution is 7.15. The van der Waals surface area contributed by atoms with Gasteiger partial charge in [0, 0.05) is 6.42 Å². The molecule has 8 nitrogen and oxygen atoms in total. The number of hydrogen-bond donors (Lipinski definition) is 0. The lowest BCUT2D eigenvalue weighted by Gasteiger charge is -2.12. The number of ether oxygens (including phenoxy) is 3. The molecule has 0 amide bonds. The van der Waals surface area contributed by atoms with Gasteiger partial charge in [0.2, 0.25) is 4.96 Å². The minimum Gasteiger partial charge on any atom is -0.497 e. The van der Waals surface area contributed by atoms with Gasteiger partial charge in [-0.2, -0.15) is 14.6 Å². The molecule has 4 rings (SSSR count). The van der Waals surface area contributed by atoms with Gasteiger partial charge in [-0.3, -0.25) is 9.59 Å². The number of benzene rings is 2. The monoisotopic (exact) mass is 479 g/mol. The van der Waals surface area contributed by atoms with Gasteiger partial charge in [0.25, 0.3) is 11.1 Å². The molecule has 0 aliphatic heterocycles. The molecule has 0 N–H and O–H groups in total. The highest BCUT2D eigenvalue weighted by Gasteiger charge is 2.13. The fourth-order valence-electron chi connectivity index (χ4n) is 3.29. The van der Waals surface area contributed by atoms with Crippen molar-refractivity contribution in [3.05, 3.63) is 84.5 Å². The minimum absolute atomic E-state index is 0.206. The summed E-state index contributed by atoms with van der Waals surface area (Å²) in [5, 5.41) is 4.31. The zero-order chi connectivity index (χ0) is 24.2. The molecule has 0 aliphatic carbocycles. The number of fused-ring (bicyclic) bond motifs is 1. The number of thiazole rings is 1. The zero-order valence-corrected chi connectivity index (χ0v) is 20.2. The molecule has 0 saturated carbocycles. The molecule has 0 spiro atoms. The first kappa shape index (κ1) is 23.4. The van der Waals surface area contributed by atoms with Gasteiger partial charge in [-0.25, -0.2) is 0 Å². The van der Waals surface area contributed by atoms with E-state index in [4.69, 9.17) is 14.2 Å². The van der Waals surface area contributed by atoms with E-state index in [2.05, 4.69) is 23.9 Å². The van der Waals surface area contributed by atoms with Crippen LogP contribution in [0.5, 0.6) is 17.2 Å². The predicted octanol–water partition coefficient (Wildman–Crippen LogP) is 2.70. The number of rotatable bonds is 8. The number of aromatic nitrogens is 3. The fourth-order valence-corrected chi connectivity index (χ4v) is 4.19. The Morgan fingerprint density at radius 2 is 1.79 bits per heavy atom. The van der Waals surface area contributed by atoms with Crippen molar-refractivity contribution in [1.82, 2.24) is 14.6 Å². The zero-order valence-electron chi connectivity index (χ0n) is 19.4. The first-order valence-corrected chi connectivity index (χ1v) is 11.6. The summed E-state index contributed by atoms with van der Waals surface area (Å²) in [6, 6.07) is 12.8. The SMILES string of the molecule is COc1ccc(Cc2nn3c(=O)/c(=C\c4ccc(OCC(C)C)c(OC)c4)sc3nc2=O)cc1. The second-order valence-corrected chi connectivity index (χ2v) is 9.12. The molecule has 0 saturated heterocycles. The molecule has 2 aromatic heterocycles. The molecular weight excluding hydrogens is 454 g/mol. The van der Waals surface area contributed by atoms with E-state index >= 15 is 0 Å².